The molecule has 8 nitrogen and oxygen atoms in total. The Morgan fingerprint density at radius 3 is 1.16 bits per heavy atom. The summed E-state index contributed by atoms with van der Waals surface area (Å²) in [7, 11) is 8.04. The molecule has 0 amide bonds. The van der Waals surface area contributed by atoms with Gasteiger partial charge in [0, 0.05) is 55.1 Å². The lowest BCUT2D eigenvalue weighted by molar-refractivity contribution is 0.163. The Kier molecular flexibility index (Phi) is 18.4. The number of rotatable bonds is 6. The Bertz CT molecular complexity index is 194. The first-order chi connectivity index (χ1) is 9.19. The topological polar surface area (TPSA) is 84.1 Å². The highest BCUT2D eigenvalue weighted by Crippen LogP contribution is 1.81. The minimum atomic E-state index is -0.514. The van der Waals surface area contributed by atoms with Crippen molar-refractivity contribution in [2.45, 2.75) is 0 Å². The van der Waals surface area contributed by atoms with Crippen LogP contribution in [0.15, 0.2) is 18.7 Å². The summed E-state index contributed by atoms with van der Waals surface area (Å²) in [5.41, 5.74) is 0. The van der Waals surface area contributed by atoms with E-state index in [1.54, 1.807) is 18.7 Å². The van der Waals surface area contributed by atoms with Gasteiger partial charge in [-0.1, -0.05) is 0 Å². The predicted octanol–water partition coefficient (Wildman–Crippen LogP) is 0.231. The number of H-pyrrole nitrogens is 1. The van der Waals surface area contributed by atoms with E-state index < -0.39 is 14.6 Å². The number of nitrogens with zero attached hydrogens (tertiary/aromatic N) is 1. The number of aromatic nitrogens is 2. The molecule has 1 N–H and O–H groups in total. The summed E-state index contributed by atoms with van der Waals surface area (Å²) in [4.78, 5) is 6.42. The highest BCUT2D eigenvalue weighted by Gasteiger charge is 2.13. The van der Waals surface area contributed by atoms with Gasteiger partial charge >= 0.3 is 14.6 Å². The molecular weight excluding hydrogens is 254 g/mol. The van der Waals surface area contributed by atoms with E-state index in [0.717, 1.165) is 0 Å². The molecule has 0 fully saturated rings. The summed E-state index contributed by atoms with van der Waals surface area (Å²) >= 11 is 0. The molecule has 19 heavy (non-hydrogen) atoms. The zero-order valence-corrected chi connectivity index (χ0v) is 12.3. The highest BCUT2D eigenvalue weighted by molar-refractivity contribution is 6.36. The van der Waals surface area contributed by atoms with Crippen molar-refractivity contribution in [1.82, 2.24) is 9.97 Å². The summed E-state index contributed by atoms with van der Waals surface area (Å²) in [5, 5.41) is 0. The van der Waals surface area contributed by atoms with Crippen LogP contribution < -0.4 is 0 Å². The van der Waals surface area contributed by atoms with Crippen LogP contribution in [0.25, 0.3) is 0 Å². The quantitative estimate of drug-likeness (QED) is 0.744. The number of hydrogen-bond donors (Lipinski definition) is 1. The molecule has 0 aliphatic heterocycles. The molecule has 110 valence electrons. The van der Waals surface area contributed by atoms with Crippen LogP contribution in [-0.4, -0.2) is 67.3 Å². The molecule has 0 saturated heterocycles. The lowest BCUT2D eigenvalue weighted by Crippen LogP contribution is -2.21. The van der Waals surface area contributed by atoms with Gasteiger partial charge in [-0.15, -0.1) is 0 Å². The standard InChI is InChI=1S/2C3H9BO3.C3H4N2/c2*1-5-4(6-2)7-3;1-2-5-3-4-1/h2*1-3H3;1-3H,(H,4,5). The third-order valence-electron chi connectivity index (χ3n) is 1.56. The van der Waals surface area contributed by atoms with Gasteiger partial charge in [0.15, 0.2) is 0 Å². The summed E-state index contributed by atoms with van der Waals surface area (Å²) in [6.45, 7) is 0. The molecule has 0 bridgehead atoms. The van der Waals surface area contributed by atoms with E-state index in [9.17, 15) is 0 Å². The van der Waals surface area contributed by atoms with Crippen LogP contribution in [0, 0.1) is 0 Å². The molecule has 1 heterocycles. The average molecular weight is 276 g/mol. The monoisotopic (exact) mass is 276 g/mol. The van der Waals surface area contributed by atoms with Crippen molar-refractivity contribution < 1.29 is 27.9 Å². The molecule has 0 aliphatic rings. The van der Waals surface area contributed by atoms with E-state index in [2.05, 4.69) is 37.9 Å². The van der Waals surface area contributed by atoms with Crippen LogP contribution in [0.4, 0.5) is 0 Å². The van der Waals surface area contributed by atoms with Crippen molar-refractivity contribution in [1.29, 1.82) is 0 Å². The number of imidazole rings is 1. The van der Waals surface area contributed by atoms with Gasteiger partial charge < -0.3 is 32.9 Å². The summed E-state index contributed by atoms with van der Waals surface area (Å²) < 4.78 is 27.6. The second-order valence-electron chi connectivity index (χ2n) is 2.75. The molecule has 0 aromatic carbocycles. The predicted molar refractivity (Wildman–Crippen MR) is 72.1 cm³/mol. The lowest BCUT2D eigenvalue weighted by atomic mass is 10.2. The van der Waals surface area contributed by atoms with E-state index in [4.69, 9.17) is 0 Å². The second kappa shape index (κ2) is 17.1. The van der Waals surface area contributed by atoms with Crippen molar-refractivity contribution in [3.8, 4) is 0 Å². The van der Waals surface area contributed by atoms with Crippen molar-refractivity contribution in [2.75, 3.05) is 42.7 Å². The van der Waals surface area contributed by atoms with Crippen LogP contribution in [0.1, 0.15) is 0 Å². The van der Waals surface area contributed by atoms with E-state index in [-0.39, 0.29) is 0 Å². The van der Waals surface area contributed by atoms with Crippen LogP contribution >= 0.6 is 0 Å². The average Bonchev–Trinajstić information content (AvgIpc) is 3.03. The van der Waals surface area contributed by atoms with Gasteiger partial charge in [0.1, 0.15) is 0 Å². The first-order valence-electron chi connectivity index (χ1n) is 5.29. The fourth-order valence-electron chi connectivity index (χ4n) is 0.793. The molecule has 0 unspecified atom stereocenters. The Morgan fingerprint density at radius 2 is 1.11 bits per heavy atom. The van der Waals surface area contributed by atoms with E-state index >= 15 is 0 Å². The Morgan fingerprint density at radius 1 is 0.737 bits per heavy atom. The maximum atomic E-state index is 4.60. The third kappa shape index (κ3) is 15.0. The fraction of sp³-hybridized carbons (Fsp3) is 0.667. The van der Waals surface area contributed by atoms with Gasteiger partial charge in [0.05, 0.1) is 6.33 Å². The first-order valence-corrected chi connectivity index (χ1v) is 5.29. The van der Waals surface area contributed by atoms with Crippen molar-refractivity contribution in [3.63, 3.8) is 0 Å². The Labute approximate surface area is 115 Å². The molecular formula is C9H22B2N2O6. The van der Waals surface area contributed by atoms with Gasteiger partial charge in [-0.3, -0.25) is 0 Å². The molecule has 1 rings (SSSR count). The zero-order chi connectivity index (χ0) is 14.9. The molecule has 10 heteroatoms. The van der Waals surface area contributed by atoms with Crippen molar-refractivity contribution >= 4 is 14.6 Å². The van der Waals surface area contributed by atoms with E-state index in [1.807, 2.05) is 0 Å². The molecule has 0 saturated carbocycles. The molecule has 1 aromatic rings. The highest BCUT2D eigenvalue weighted by atomic mass is 16.7. The third-order valence-corrected chi connectivity index (χ3v) is 1.56. The smallest absolute Gasteiger partial charge is 0.389 e. The summed E-state index contributed by atoms with van der Waals surface area (Å²) in [6, 6.07) is 0. The first kappa shape index (κ1) is 20.4. The SMILES string of the molecule is COB(OC)OC.COB(OC)OC.c1c[nH]cn1. The maximum Gasteiger partial charge on any atom is 0.638 e. The van der Waals surface area contributed by atoms with Gasteiger partial charge in [-0.2, -0.15) is 0 Å². The minimum absolute atomic E-state index is 0.514. The van der Waals surface area contributed by atoms with Gasteiger partial charge in [0.2, 0.25) is 0 Å². The van der Waals surface area contributed by atoms with Crippen LogP contribution in [0.3, 0.4) is 0 Å². The number of aromatic amines is 1. The Hall–Kier alpha value is -0.900. The van der Waals surface area contributed by atoms with Crippen molar-refractivity contribution in [2.24, 2.45) is 0 Å². The fourth-order valence-corrected chi connectivity index (χ4v) is 0.793. The minimum Gasteiger partial charge on any atom is -0.389 e. The van der Waals surface area contributed by atoms with Gasteiger partial charge in [-0.25, -0.2) is 4.98 Å². The summed E-state index contributed by atoms with van der Waals surface area (Å²) in [5.74, 6) is 0. The molecule has 1 aromatic heterocycles. The summed E-state index contributed by atoms with van der Waals surface area (Å²) in [6.07, 6.45) is 5.08. The molecule has 0 spiro atoms. The second-order valence-corrected chi connectivity index (χ2v) is 2.75. The lowest BCUT2D eigenvalue weighted by Gasteiger charge is -2.01. The number of nitrogens with one attached hydrogen (secondary N) is 1. The maximum absolute atomic E-state index is 4.60. The van der Waals surface area contributed by atoms with Gasteiger partial charge in [0.25, 0.3) is 0 Å². The zero-order valence-electron chi connectivity index (χ0n) is 12.3. The number of hydrogen-bond acceptors (Lipinski definition) is 7. The molecule has 0 radical (unpaired) electrons. The molecule has 0 aliphatic carbocycles. The van der Waals surface area contributed by atoms with Crippen LogP contribution in [0.5, 0.6) is 0 Å². The van der Waals surface area contributed by atoms with E-state index in [1.165, 1.54) is 42.7 Å². The van der Waals surface area contributed by atoms with Crippen LogP contribution in [0.2, 0.25) is 0 Å². The molecule has 0 atom stereocenters. The largest absolute Gasteiger partial charge is 0.638 e. The van der Waals surface area contributed by atoms with E-state index in [0.29, 0.717) is 0 Å². The van der Waals surface area contributed by atoms with Crippen molar-refractivity contribution in [3.05, 3.63) is 18.7 Å². The van der Waals surface area contributed by atoms with Crippen LogP contribution in [-0.2, 0) is 27.9 Å². The normalized spacial score (nSPS) is 8.74. The van der Waals surface area contributed by atoms with Gasteiger partial charge in [-0.05, 0) is 0 Å². The Balaban J connectivity index is 0.